The Kier molecular flexibility index (Phi) is 2.14. The number of carbonyl (C=O) groups is 2. The van der Waals surface area contributed by atoms with Gasteiger partial charge in [-0.2, -0.15) is 0 Å². The lowest BCUT2D eigenvalue weighted by Gasteiger charge is -2.15. The van der Waals surface area contributed by atoms with Crippen LogP contribution in [0.2, 0.25) is 0 Å². The molecule has 0 aliphatic carbocycles. The predicted molar refractivity (Wildman–Crippen MR) is 39.4 cm³/mol. The van der Waals surface area contributed by atoms with Gasteiger partial charge in [0.15, 0.2) is 6.04 Å². The van der Waals surface area contributed by atoms with Gasteiger partial charge in [-0.25, -0.2) is 9.59 Å². The van der Waals surface area contributed by atoms with Gasteiger partial charge in [0.25, 0.3) is 0 Å². The van der Waals surface area contributed by atoms with Crippen LogP contribution in [0.25, 0.3) is 0 Å². The highest BCUT2D eigenvalue weighted by molar-refractivity contribution is 5.96. The molecule has 0 saturated carbocycles. The number of aliphatic carboxylic acids is 2. The molecule has 0 saturated heterocycles. The molecule has 1 heterocycles. The minimum Gasteiger partial charge on any atom is -0.479 e. The molecule has 5 nitrogen and oxygen atoms in total. The van der Waals surface area contributed by atoms with Crippen LogP contribution in [0.5, 0.6) is 0 Å². The zero-order valence-electron chi connectivity index (χ0n) is 6.02. The summed E-state index contributed by atoms with van der Waals surface area (Å²) in [7, 11) is 0. The fraction of sp³-hybridized carbons (Fsp3) is 0.143. The molecule has 0 radical (unpaired) electrons. The summed E-state index contributed by atoms with van der Waals surface area (Å²) in [6.45, 7) is 0. The summed E-state index contributed by atoms with van der Waals surface area (Å²) in [5.41, 5.74) is -0.162. The van der Waals surface area contributed by atoms with Gasteiger partial charge in [0.2, 0.25) is 0 Å². The SMILES string of the molecule is O=C(O)C1=CC=CNC1C(=O)O. The summed E-state index contributed by atoms with van der Waals surface area (Å²) in [4.78, 5) is 20.9. The van der Waals surface area contributed by atoms with Crippen LogP contribution in [0.3, 0.4) is 0 Å². The number of nitrogens with one attached hydrogen (secondary N) is 1. The van der Waals surface area contributed by atoms with Gasteiger partial charge < -0.3 is 15.5 Å². The van der Waals surface area contributed by atoms with Gasteiger partial charge in [0.1, 0.15) is 0 Å². The average molecular weight is 169 g/mol. The maximum absolute atomic E-state index is 10.5. The van der Waals surface area contributed by atoms with E-state index < -0.39 is 18.0 Å². The summed E-state index contributed by atoms with van der Waals surface area (Å²) in [5.74, 6) is -2.42. The zero-order chi connectivity index (χ0) is 9.14. The lowest BCUT2D eigenvalue weighted by molar-refractivity contribution is -0.141. The molecular formula is C7H7NO4. The molecule has 5 heteroatoms. The van der Waals surface area contributed by atoms with Crippen LogP contribution >= 0.6 is 0 Å². The van der Waals surface area contributed by atoms with E-state index in [-0.39, 0.29) is 5.57 Å². The van der Waals surface area contributed by atoms with Gasteiger partial charge in [-0.1, -0.05) is 0 Å². The zero-order valence-corrected chi connectivity index (χ0v) is 6.02. The first-order valence-corrected chi connectivity index (χ1v) is 3.22. The summed E-state index contributed by atoms with van der Waals surface area (Å²) in [5, 5.41) is 19.5. The van der Waals surface area contributed by atoms with E-state index in [2.05, 4.69) is 5.32 Å². The van der Waals surface area contributed by atoms with E-state index in [1.807, 2.05) is 0 Å². The minimum atomic E-state index is -1.22. The molecule has 1 aliphatic rings. The molecule has 0 fully saturated rings. The Hall–Kier alpha value is -1.78. The quantitative estimate of drug-likeness (QED) is 0.522. The highest BCUT2D eigenvalue weighted by atomic mass is 16.4. The maximum Gasteiger partial charge on any atom is 0.334 e. The summed E-state index contributed by atoms with van der Waals surface area (Å²) in [6, 6.07) is -1.15. The Morgan fingerprint density at radius 2 is 2.08 bits per heavy atom. The standard InChI is InChI=1S/C7H7NO4/c9-6(10)4-2-1-3-8-5(4)7(11)12/h1-3,5,8H,(H,9,10)(H,11,12). The van der Waals surface area contributed by atoms with Gasteiger partial charge in [-0.15, -0.1) is 0 Å². The van der Waals surface area contributed by atoms with E-state index in [1.54, 1.807) is 0 Å². The highest BCUT2D eigenvalue weighted by Gasteiger charge is 2.26. The molecule has 0 amide bonds. The monoisotopic (exact) mass is 169 g/mol. The van der Waals surface area contributed by atoms with E-state index in [1.165, 1.54) is 18.4 Å². The van der Waals surface area contributed by atoms with Crippen molar-refractivity contribution in [1.82, 2.24) is 5.32 Å². The third-order valence-corrected chi connectivity index (χ3v) is 1.44. The molecule has 0 aromatic rings. The second-order valence-electron chi connectivity index (χ2n) is 2.22. The Morgan fingerprint density at radius 3 is 2.50 bits per heavy atom. The molecule has 64 valence electrons. The number of carboxylic acids is 2. The molecule has 0 spiro atoms. The van der Waals surface area contributed by atoms with Crippen LogP contribution < -0.4 is 5.32 Å². The van der Waals surface area contributed by atoms with E-state index in [0.717, 1.165) is 0 Å². The highest BCUT2D eigenvalue weighted by Crippen LogP contribution is 2.07. The number of carboxylic acid groups (broad SMARTS) is 2. The average Bonchev–Trinajstić information content (AvgIpc) is 2.04. The Morgan fingerprint density at radius 1 is 1.42 bits per heavy atom. The van der Waals surface area contributed by atoms with E-state index >= 15 is 0 Å². The van der Waals surface area contributed by atoms with Crippen LogP contribution in [0, 0.1) is 0 Å². The molecule has 1 rings (SSSR count). The van der Waals surface area contributed by atoms with Crippen LogP contribution in [-0.4, -0.2) is 28.2 Å². The van der Waals surface area contributed by atoms with Gasteiger partial charge >= 0.3 is 11.9 Å². The van der Waals surface area contributed by atoms with Crippen molar-refractivity contribution >= 4 is 11.9 Å². The van der Waals surface area contributed by atoms with E-state index in [4.69, 9.17) is 10.2 Å². The topological polar surface area (TPSA) is 86.6 Å². The minimum absolute atomic E-state index is 0.162. The largest absolute Gasteiger partial charge is 0.479 e. The Labute approximate surface area is 68.0 Å². The molecule has 1 atom stereocenters. The van der Waals surface area contributed by atoms with Crippen molar-refractivity contribution < 1.29 is 19.8 Å². The predicted octanol–water partition coefficient (Wildman–Crippen LogP) is -0.433. The molecule has 0 bridgehead atoms. The Balaban J connectivity index is 2.91. The fourth-order valence-corrected chi connectivity index (χ4v) is 0.889. The van der Waals surface area contributed by atoms with Gasteiger partial charge in [0, 0.05) is 0 Å². The van der Waals surface area contributed by atoms with Crippen LogP contribution in [0.4, 0.5) is 0 Å². The first kappa shape index (κ1) is 8.32. The number of hydrogen-bond donors (Lipinski definition) is 3. The first-order valence-electron chi connectivity index (χ1n) is 3.22. The van der Waals surface area contributed by atoms with Crippen molar-refractivity contribution in [2.45, 2.75) is 6.04 Å². The van der Waals surface area contributed by atoms with Crippen molar-refractivity contribution in [3.63, 3.8) is 0 Å². The third-order valence-electron chi connectivity index (χ3n) is 1.44. The van der Waals surface area contributed by atoms with E-state index in [9.17, 15) is 9.59 Å². The summed E-state index contributed by atoms with van der Waals surface area (Å²) in [6.07, 6.45) is 4.10. The molecule has 1 unspecified atom stereocenters. The molecular weight excluding hydrogens is 162 g/mol. The van der Waals surface area contributed by atoms with Crippen molar-refractivity contribution in [1.29, 1.82) is 0 Å². The van der Waals surface area contributed by atoms with Gasteiger partial charge in [-0.05, 0) is 18.4 Å². The van der Waals surface area contributed by atoms with Crippen molar-refractivity contribution in [3.8, 4) is 0 Å². The first-order chi connectivity index (χ1) is 5.63. The molecule has 0 aromatic carbocycles. The van der Waals surface area contributed by atoms with Crippen molar-refractivity contribution in [2.24, 2.45) is 0 Å². The maximum atomic E-state index is 10.5. The van der Waals surface area contributed by atoms with E-state index in [0.29, 0.717) is 0 Å². The Bertz CT molecular complexity index is 279. The van der Waals surface area contributed by atoms with Gasteiger partial charge in [0.05, 0.1) is 5.57 Å². The number of rotatable bonds is 2. The van der Waals surface area contributed by atoms with Gasteiger partial charge in [-0.3, -0.25) is 0 Å². The number of hydrogen-bond acceptors (Lipinski definition) is 3. The lowest BCUT2D eigenvalue weighted by atomic mass is 10.1. The number of dihydropyridines is 1. The summed E-state index contributed by atoms with van der Waals surface area (Å²) < 4.78 is 0. The van der Waals surface area contributed by atoms with Crippen molar-refractivity contribution in [2.75, 3.05) is 0 Å². The van der Waals surface area contributed by atoms with Crippen LogP contribution in [0.1, 0.15) is 0 Å². The normalized spacial score (nSPS) is 21.0. The third kappa shape index (κ3) is 1.45. The lowest BCUT2D eigenvalue weighted by Crippen LogP contribution is -2.39. The van der Waals surface area contributed by atoms with Crippen LogP contribution in [-0.2, 0) is 9.59 Å². The smallest absolute Gasteiger partial charge is 0.334 e. The summed E-state index contributed by atoms with van der Waals surface area (Å²) >= 11 is 0. The van der Waals surface area contributed by atoms with Crippen molar-refractivity contribution in [3.05, 3.63) is 23.9 Å². The molecule has 0 aromatic heterocycles. The number of allylic oxidation sites excluding steroid dienone is 2. The second kappa shape index (κ2) is 3.08. The molecule has 3 N–H and O–H groups in total. The molecule has 1 aliphatic heterocycles. The van der Waals surface area contributed by atoms with Crippen LogP contribution in [0.15, 0.2) is 23.9 Å². The second-order valence-corrected chi connectivity index (χ2v) is 2.22. The fourth-order valence-electron chi connectivity index (χ4n) is 0.889. The molecule has 12 heavy (non-hydrogen) atoms.